The summed E-state index contributed by atoms with van der Waals surface area (Å²) in [5, 5.41) is 12.9. The molecule has 2 amide bonds. The zero-order valence-corrected chi connectivity index (χ0v) is 27.9. The SMILES string of the molecule is CC1(C)CCC(N(C(=O)C(C)(C)C)[C@H]2C[C@@H](/C=N/O)N(C(=O)C3CN(C(C)(C)C)C[C@H]3c3ccc(F)cc3F)C2)CC1.Cl. The Morgan fingerprint density at radius 1 is 1.02 bits per heavy atom. The fraction of sp³-hybridized carbons (Fsp3) is 0.727. The molecule has 2 saturated heterocycles. The van der Waals surface area contributed by atoms with Crippen LogP contribution in [-0.2, 0) is 9.59 Å². The molecule has 2 aliphatic heterocycles. The van der Waals surface area contributed by atoms with Crippen LogP contribution < -0.4 is 0 Å². The number of oxime groups is 1. The van der Waals surface area contributed by atoms with E-state index in [-0.39, 0.29) is 47.3 Å². The van der Waals surface area contributed by atoms with Crippen molar-refractivity contribution in [2.75, 3.05) is 19.6 Å². The summed E-state index contributed by atoms with van der Waals surface area (Å²) >= 11 is 0. The van der Waals surface area contributed by atoms with Gasteiger partial charge in [-0.2, -0.15) is 0 Å². The van der Waals surface area contributed by atoms with Gasteiger partial charge in [0, 0.05) is 48.6 Å². The fourth-order valence-corrected chi connectivity index (χ4v) is 7.13. The lowest BCUT2D eigenvalue weighted by atomic mass is 9.74. The van der Waals surface area contributed by atoms with Gasteiger partial charge >= 0.3 is 0 Å². The molecule has 2 heterocycles. The normalized spacial score (nSPS) is 27.0. The molecule has 1 aromatic rings. The van der Waals surface area contributed by atoms with Gasteiger partial charge in [-0.15, -0.1) is 12.4 Å². The average Bonchev–Trinajstić information content (AvgIpc) is 3.50. The Morgan fingerprint density at radius 2 is 1.65 bits per heavy atom. The van der Waals surface area contributed by atoms with Gasteiger partial charge in [0.25, 0.3) is 0 Å². The summed E-state index contributed by atoms with van der Waals surface area (Å²) in [5.41, 5.74) is -0.273. The first-order chi connectivity index (χ1) is 19.4. The van der Waals surface area contributed by atoms with Crippen molar-refractivity contribution in [3.63, 3.8) is 0 Å². The molecule has 0 bridgehead atoms. The summed E-state index contributed by atoms with van der Waals surface area (Å²) in [6, 6.07) is 2.94. The quantitative estimate of drug-likeness (QED) is 0.231. The summed E-state index contributed by atoms with van der Waals surface area (Å²) < 4.78 is 28.9. The van der Waals surface area contributed by atoms with Crippen LogP contribution in [-0.4, -0.2) is 81.2 Å². The van der Waals surface area contributed by atoms with Gasteiger partial charge in [0.2, 0.25) is 11.8 Å². The molecule has 0 spiro atoms. The minimum absolute atomic E-state index is 0. The van der Waals surface area contributed by atoms with Gasteiger partial charge in [0.05, 0.1) is 24.2 Å². The Balaban J connectivity index is 0.00000506. The predicted molar refractivity (Wildman–Crippen MR) is 168 cm³/mol. The summed E-state index contributed by atoms with van der Waals surface area (Å²) in [4.78, 5) is 34.3. The molecule has 4 rings (SSSR count). The summed E-state index contributed by atoms with van der Waals surface area (Å²) in [6.07, 6.45) is 5.73. The van der Waals surface area contributed by atoms with Crippen molar-refractivity contribution < 1.29 is 23.6 Å². The maximum Gasteiger partial charge on any atom is 0.228 e. The van der Waals surface area contributed by atoms with Crippen LogP contribution in [0.3, 0.4) is 0 Å². The minimum Gasteiger partial charge on any atom is -0.411 e. The van der Waals surface area contributed by atoms with Crippen molar-refractivity contribution in [1.82, 2.24) is 14.7 Å². The number of carbonyl (C=O) groups is 2. The lowest BCUT2D eigenvalue weighted by Gasteiger charge is -2.45. The molecule has 0 radical (unpaired) electrons. The van der Waals surface area contributed by atoms with Crippen molar-refractivity contribution in [2.24, 2.45) is 21.9 Å². The monoisotopic (exact) mass is 624 g/mol. The summed E-state index contributed by atoms with van der Waals surface area (Å²) in [7, 11) is 0. The number of hydrogen-bond acceptors (Lipinski definition) is 5. The second kappa shape index (κ2) is 13.0. The fourth-order valence-electron chi connectivity index (χ4n) is 7.13. The van der Waals surface area contributed by atoms with Crippen molar-refractivity contribution >= 4 is 30.4 Å². The lowest BCUT2D eigenvalue weighted by molar-refractivity contribution is -0.147. The number of rotatable bonds is 5. The second-order valence-electron chi connectivity index (χ2n) is 15.5. The highest BCUT2D eigenvalue weighted by Gasteiger charge is 2.49. The molecule has 1 aliphatic carbocycles. The molecule has 3 fully saturated rings. The molecule has 1 N–H and O–H groups in total. The number of nitrogens with zero attached hydrogens (tertiary/aromatic N) is 4. The second-order valence-corrected chi connectivity index (χ2v) is 15.5. The van der Waals surface area contributed by atoms with Gasteiger partial charge in [-0.3, -0.25) is 14.5 Å². The van der Waals surface area contributed by atoms with Crippen molar-refractivity contribution in [3.8, 4) is 0 Å². The Bertz CT molecular complexity index is 1190. The van der Waals surface area contributed by atoms with Crippen LogP contribution in [0.1, 0.15) is 99.0 Å². The predicted octanol–water partition coefficient (Wildman–Crippen LogP) is 6.47. The molecule has 1 unspecified atom stereocenters. The summed E-state index contributed by atoms with van der Waals surface area (Å²) in [5.74, 6) is -2.42. The lowest BCUT2D eigenvalue weighted by Crippen LogP contribution is -2.54. The molecule has 1 saturated carbocycles. The standard InChI is InChI=1S/C33H50F2N4O3.ClH/c1-31(2,3)30(41)39(22-11-13-33(7,8)14-12-22)24-16-23(17-36-42)38(18-24)29(40)27-20-37(32(4,5)6)19-26(27)25-10-9-21(34)15-28(25)35;/h9-10,15,17,22-24,26-27,42H,11-14,16,18-20H2,1-8H3;1H/b36-17+;/t23-,24-,26-,27?;/m0./s1. The third-order valence-electron chi connectivity index (χ3n) is 9.76. The van der Waals surface area contributed by atoms with Gasteiger partial charge < -0.3 is 15.0 Å². The molecule has 7 nitrogen and oxygen atoms in total. The first-order valence-electron chi connectivity index (χ1n) is 15.4. The Morgan fingerprint density at radius 3 is 2.19 bits per heavy atom. The number of halogens is 3. The highest BCUT2D eigenvalue weighted by Crippen LogP contribution is 2.42. The smallest absolute Gasteiger partial charge is 0.228 e. The van der Waals surface area contributed by atoms with E-state index in [0.29, 0.717) is 31.6 Å². The van der Waals surface area contributed by atoms with Crippen LogP contribution in [0.15, 0.2) is 23.4 Å². The molecular formula is C33H51ClF2N4O3. The Hall–Kier alpha value is -2.26. The molecule has 1 aromatic carbocycles. The van der Waals surface area contributed by atoms with E-state index in [0.717, 1.165) is 31.7 Å². The number of amides is 2. The van der Waals surface area contributed by atoms with E-state index in [1.54, 1.807) is 4.90 Å². The van der Waals surface area contributed by atoms with Crippen LogP contribution in [0.5, 0.6) is 0 Å². The molecule has 4 atom stereocenters. The maximum atomic E-state index is 15.1. The zero-order valence-electron chi connectivity index (χ0n) is 27.1. The van der Waals surface area contributed by atoms with Crippen molar-refractivity contribution in [2.45, 2.75) is 117 Å². The Labute approximate surface area is 262 Å². The molecule has 10 heteroatoms. The van der Waals surface area contributed by atoms with E-state index in [9.17, 15) is 19.2 Å². The molecule has 3 aliphatic rings. The van der Waals surface area contributed by atoms with E-state index in [2.05, 4.69) is 44.7 Å². The molecular weight excluding hydrogens is 574 g/mol. The van der Waals surface area contributed by atoms with Gasteiger partial charge in [0.15, 0.2) is 0 Å². The van der Waals surface area contributed by atoms with Crippen LogP contribution in [0.2, 0.25) is 0 Å². The van der Waals surface area contributed by atoms with Gasteiger partial charge in [-0.25, -0.2) is 8.78 Å². The van der Waals surface area contributed by atoms with Crippen LogP contribution >= 0.6 is 12.4 Å². The third-order valence-corrected chi connectivity index (χ3v) is 9.76. The third kappa shape index (κ3) is 7.70. The minimum atomic E-state index is -0.652. The number of benzene rings is 1. The van der Waals surface area contributed by atoms with E-state index in [1.165, 1.54) is 18.3 Å². The van der Waals surface area contributed by atoms with Crippen molar-refractivity contribution in [3.05, 3.63) is 35.4 Å². The van der Waals surface area contributed by atoms with Crippen LogP contribution in [0.4, 0.5) is 8.78 Å². The van der Waals surface area contributed by atoms with E-state index in [4.69, 9.17) is 0 Å². The van der Waals surface area contributed by atoms with Gasteiger partial charge in [-0.1, -0.05) is 45.8 Å². The molecule has 43 heavy (non-hydrogen) atoms. The largest absolute Gasteiger partial charge is 0.411 e. The first-order valence-corrected chi connectivity index (χ1v) is 15.4. The van der Waals surface area contributed by atoms with Gasteiger partial charge in [0.1, 0.15) is 11.6 Å². The highest BCUT2D eigenvalue weighted by atomic mass is 35.5. The van der Waals surface area contributed by atoms with Crippen LogP contribution in [0, 0.1) is 28.4 Å². The maximum absolute atomic E-state index is 15.1. The van der Waals surface area contributed by atoms with Gasteiger partial charge in [-0.05, 0) is 69.9 Å². The average molecular weight is 625 g/mol. The zero-order chi connectivity index (χ0) is 31.2. The van der Waals surface area contributed by atoms with E-state index in [1.807, 2.05) is 25.7 Å². The van der Waals surface area contributed by atoms with Crippen molar-refractivity contribution in [1.29, 1.82) is 0 Å². The highest BCUT2D eigenvalue weighted by molar-refractivity contribution is 5.86. The first kappa shape index (κ1) is 35.2. The summed E-state index contributed by atoms with van der Waals surface area (Å²) in [6.45, 7) is 17.7. The van der Waals surface area contributed by atoms with E-state index >= 15 is 4.39 Å². The number of hydrogen-bond donors (Lipinski definition) is 1. The van der Waals surface area contributed by atoms with E-state index < -0.39 is 34.9 Å². The molecule has 242 valence electrons. The Kier molecular flexibility index (Phi) is 10.6. The number of likely N-dealkylation sites (tertiary alicyclic amines) is 2. The molecule has 0 aromatic heterocycles. The van der Waals surface area contributed by atoms with Crippen LogP contribution in [0.25, 0.3) is 0 Å². The topological polar surface area (TPSA) is 76.5 Å². The number of carbonyl (C=O) groups excluding carboxylic acids is 2.